The van der Waals surface area contributed by atoms with E-state index in [1.165, 1.54) is 0 Å². The lowest BCUT2D eigenvalue weighted by Gasteiger charge is -2.04. The summed E-state index contributed by atoms with van der Waals surface area (Å²) in [5.41, 5.74) is 0.886. The molecule has 0 aromatic heterocycles. The summed E-state index contributed by atoms with van der Waals surface area (Å²) in [6, 6.07) is 5.68. The molecule has 0 unspecified atom stereocenters. The Morgan fingerprint density at radius 3 is 2.27 bits per heavy atom. The second-order valence-electron chi connectivity index (χ2n) is 1.97. The molecule has 1 aromatic carbocycles. The van der Waals surface area contributed by atoms with Crippen molar-refractivity contribution in [3.05, 3.63) is 32.7 Å². The number of benzene rings is 1. The molecule has 0 saturated heterocycles. The molecule has 0 fully saturated rings. The van der Waals surface area contributed by atoms with Gasteiger partial charge in [-0.2, -0.15) is 0 Å². The highest BCUT2D eigenvalue weighted by Gasteiger charge is 2.07. The van der Waals surface area contributed by atoms with E-state index in [0.717, 1.165) is 14.5 Å². The molecule has 0 amide bonds. The van der Waals surface area contributed by atoms with Gasteiger partial charge >= 0.3 is 0 Å². The van der Waals surface area contributed by atoms with Gasteiger partial charge in [0.2, 0.25) is 0 Å². The highest BCUT2D eigenvalue weighted by molar-refractivity contribution is 9.11. The maximum atomic E-state index is 5.68. The molecule has 60 valence electrons. The molecule has 11 heavy (non-hydrogen) atoms. The Morgan fingerprint density at radius 2 is 1.82 bits per heavy atom. The first-order valence-corrected chi connectivity index (χ1v) is 5.30. The van der Waals surface area contributed by atoms with E-state index < -0.39 is 4.84 Å². The third-order valence-electron chi connectivity index (χ3n) is 1.20. The van der Waals surface area contributed by atoms with Gasteiger partial charge in [0.15, 0.2) is 0 Å². The zero-order valence-corrected chi connectivity index (χ0v) is 10.0. The number of alkyl halides is 2. The van der Waals surface area contributed by atoms with Crippen LogP contribution in [-0.2, 0) is 0 Å². The molecular formula is C7H4Br2Cl2. The maximum absolute atomic E-state index is 5.68. The van der Waals surface area contributed by atoms with E-state index >= 15 is 0 Å². The Bertz CT molecular complexity index is 261. The van der Waals surface area contributed by atoms with Gasteiger partial charge in [0.1, 0.15) is 4.84 Å². The monoisotopic (exact) mass is 316 g/mol. The summed E-state index contributed by atoms with van der Waals surface area (Å²) in [5.74, 6) is 0. The van der Waals surface area contributed by atoms with Crippen LogP contribution in [-0.4, -0.2) is 0 Å². The quantitative estimate of drug-likeness (QED) is 0.659. The van der Waals surface area contributed by atoms with E-state index in [2.05, 4.69) is 31.9 Å². The molecule has 1 aromatic rings. The highest BCUT2D eigenvalue weighted by Crippen LogP contribution is 2.32. The molecule has 0 saturated carbocycles. The molecule has 0 aliphatic rings. The standard InChI is InChI=1S/C7H4Br2Cl2/c8-4-1-2-5(7(10)11)6(9)3-4/h1-3,7H. The predicted molar refractivity (Wildman–Crippen MR) is 56.3 cm³/mol. The third-order valence-corrected chi connectivity index (χ3v) is 2.85. The molecule has 0 N–H and O–H groups in total. The Balaban J connectivity index is 3.09. The first-order valence-electron chi connectivity index (χ1n) is 2.84. The summed E-state index contributed by atoms with van der Waals surface area (Å²) in [5, 5.41) is 0. The minimum atomic E-state index is -0.475. The normalized spacial score (nSPS) is 10.6. The second kappa shape index (κ2) is 4.13. The minimum Gasteiger partial charge on any atom is -0.100 e. The van der Waals surface area contributed by atoms with Crippen LogP contribution in [0.1, 0.15) is 10.4 Å². The summed E-state index contributed by atoms with van der Waals surface area (Å²) in [6.45, 7) is 0. The van der Waals surface area contributed by atoms with Crippen molar-refractivity contribution in [3.8, 4) is 0 Å². The van der Waals surface area contributed by atoms with Gasteiger partial charge in [-0.3, -0.25) is 0 Å². The summed E-state index contributed by atoms with van der Waals surface area (Å²) in [6.07, 6.45) is 0. The number of hydrogen-bond donors (Lipinski definition) is 0. The van der Waals surface area contributed by atoms with Crippen LogP contribution in [0.25, 0.3) is 0 Å². The molecule has 0 aliphatic heterocycles. The van der Waals surface area contributed by atoms with Crippen LogP contribution >= 0.6 is 55.1 Å². The van der Waals surface area contributed by atoms with Gasteiger partial charge in [-0.25, -0.2) is 0 Å². The number of hydrogen-bond acceptors (Lipinski definition) is 0. The van der Waals surface area contributed by atoms with Crippen LogP contribution in [0.5, 0.6) is 0 Å². The van der Waals surface area contributed by atoms with E-state index in [1.807, 2.05) is 18.2 Å². The average molecular weight is 319 g/mol. The SMILES string of the molecule is ClC(Cl)c1ccc(Br)cc1Br. The largest absolute Gasteiger partial charge is 0.133 e. The van der Waals surface area contributed by atoms with Crippen LogP contribution in [0.3, 0.4) is 0 Å². The molecule has 0 bridgehead atoms. The van der Waals surface area contributed by atoms with Crippen molar-refractivity contribution in [3.63, 3.8) is 0 Å². The van der Waals surface area contributed by atoms with E-state index in [9.17, 15) is 0 Å². The number of rotatable bonds is 1. The summed E-state index contributed by atoms with van der Waals surface area (Å²) in [7, 11) is 0. The summed E-state index contributed by atoms with van der Waals surface area (Å²) < 4.78 is 1.92. The third kappa shape index (κ3) is 2.62. The van der Waals surface area contributed by atoms with Gasteiger partial charge in [0, 0.05) is 8.95 Å². The summed E-state index contributed by atoms with van der Waals surface area (Å²) >= 11 is 18.0. The van der Waals surface area contributed by atoms with Crippen molar-refractivity contribution in [2.75, 3.05) is 0 Å². The Kier molecular flexibility index (Phi) is 3.69. The van der Waals surface area contributed by atoms with Gasteiger partial charge in [-0.15, -0.1) is 23.2 Å². The Labute approximate surface area is 92.1 Å². The highest BCUT2D eigenvalue weighted by atomic mass is 79.9. The molecule has 1 rings (SSSR count). The molecule has 0 aliphatic carbocycles. The van der Waals surface area contributed by atoms with E-state index in [4.69, 9.17) is 23.2 Å². The minimum absolute atomic E-state index is 0.475. The lowest BCUT2D eigenvalue weighted by atomic mass is 10.2. The van der Waals surface area contributed by atoms with Crippen molar-refractivity contribution in [1.82, 2.24) is 0 Å². The lowest BCUT2D eigenvalue weighted by Crippen LogP contribution is -1.82. The molecule has 4 heteroatoms. The molecule has 0 spiro atoms. The van der Waals surface area contributed by atoms with Gasteiger partial charge in [0.05, 0.1) is 0 Å². The fourth-order valence-electron chi connectivity index (χ4n) is 0.678. The van der Waals surface area contributed by atoms with Gasteiger partial charge in [0.25, 0.3) is 0 Å². The topological polar surface area (TPSA) is 0 Å². The molecule has 0 radical (unpaired) electrons. The second-order valence-corrected chi connectivity index (χ2v) is 4.83. The van der Waals surface area contributed by atoms with Gasteiger partial charge in [-0.05, 0) is 17.7 Å². The molecule has 0 atom stereocenters. The first-order chi connectivity index (χ1) is 5.11. The lowest BCUT2D eigenvalue weighted by molar-refractivity contribution is 1.31. The van der Waals surface area contributed by atoms with Crippen molar-refractivity contribution in [2.45, 2.75) is 4.84 Å². The molecule has 0 heterocycles. The van der Waals surface area contributed by atoms with Gasteiger partial charge < -0.3 is 0 Å². The Morgan fingerprint density at radius 1 is 1.18 bits per heavy atom. The van der Waals surface area contributed by atoms with Crippen LogP contribution < -0.4 is 0 Å². The van der Waals surface area contributed by atoms with Crippen molar-refractivity contribution < 1.29 is 0 Å². The molecular weight excluding hydrogens is 315 g/mol. The number of halogens is 4. The Hall–Kier alpha value is 0.760. The summed E-state index contributed by atoms with van der Waals surface area (Å²) in [4.78, 5) is -0.475. The predicted octanol–water partition coefficient (Wildman–Crippen LogP) is 4.69. The fraction of sp³-hybridized carbons (Fsp3) is 0.143. The smallest absolute Gasteiger partial charge is 0.100 e. The van der Waals surface area contributed by atoms with Crippen LogP contribution in [0, 0.1) is 0 Å². The first kappa shape index (κ1) is 9.85. The zero-order valence-electron chi connectivity index (χ0n) is 5.32. The van der Waals surface area contributed by atoms with Crippen LogP contribution in [0.4, 0.5) is 0 Å². The van der Waals surface area contributed by atoms with E-state index in [0.29, 0.717) is 0 Å². The van der Waals surface area contributed by atoms with Crippen molar-refractivity contribution in [1.29, 1.82) is 0 Å². The fourth-order valence-corrected chi connectivity index (χ4v) is 2.60. The molecule has 0 nitrogen and oxygen atoms in total. The van der Waals surface area contributed by atoms with Crippen molar-refractivity contribution in [2.24, 2.45) is 0 Å². The maximum Gasteiger partial charge on any atom is 0.133 e. The van der Waals surface area contributed by atoms with E-state index in [1.54, 1.807) is 0 Å². The van der Waals surface area contributed by atoms with Gasteiger partial charge in [-0.1, -0.05) is 37.9 Å². The zero-order chi connectivity index (χ0) is 8.43. The van der Waals surface area contributed by atoms with Crippen LogP contribution in [0.2, 0.25) is 0 Å². The average Bonchev–Trinajstić information content (AvgIpc) is 1.85. The van der Waals surface area contributed by atoms with Crippen molar-refractivity contribution >= 4 is 55.1 Å². The van der Waals surface area contributed by atoms with E-state index in [-0.39, 0.29) is 0 Å². The van der Waals surface area contributed by atoms with Crippen LogP contribution in [0.15, 0.2) is 27.1 Å².